The van der Waals surface area contributed by atoms with Gasteiger partial charge in [0, 0.05) is 6.20 Å². The Balaban J connectivity index is 3.41. The van der Waals surface area contributed by atoms with E-state index in [1.165, 1.54) is 0 Å². The number of hydrogen-bond donors (Lipinski definition) is 1. The molecule has 0 aliphatic heterocycles. The van der Waals surface area contributed by atoms with Crippen LogP contribution in [0.15, 0.2) is 21.9 Å². The molecule has 0 aliphatic rings. The van der Waals surface area contributed by atoms with Crippen molar-refractivity contribution in [2.24, 2.45) is 0 Å². The molecule has 0 fully saturated rings. The lowest BCUT2D eigenvalue weighted by molar-refractivity contribution is -0.139. The van der Waals surface area contributed by atoms with Gasteiger partial charge in [0.1, 0.15) is 10.7 Å². The van der Waals surface area contributed by atoms with Crippen LogP contribution in [0, 0.1) is 0 Å². The molecular weight excluding hydrogens is 304 g/mol. The number of esters is 2. The molecular formula is C12H13ClN2O6. The van der Waals surface area contributed by atoms with Crippen molar-refractivity contribution >= 4 is 29.2 Å². The zero-order valence-electron chi connectivity index (χ0n) is 11.3. The average Bonchev–Trinajstić information content (AvgIpc) is 2.41. The van der Waals surface area contributed by atoms with Crippen LogP contribution in [0.3, 0.4) is 0 Å². The number of ether oxygens (including phenoxy) is 2. The Morgan fingerprint density at radius 2 is 1.90 bits per heavy atom. The second kappa shape index (κ2) is 7.44. The van der Waals surface area contributed by atoms with Gasteiger partial charge in [0.2, 0.25) is 0 Å². The van der Waals surface area contributed by atoms with E-state index in [2.05, 4.69) is 4.74 Å². The fourth-order valence-electron chi connectivity index (χ4n) is 1.35. The maximum atomic E-state index is 11.8. The molecule has 9 heteroatoms. The molecule has 0 unspecified atom stereocenters. The summed E-state index contributed by atoms with van der Waals surface area (Å²) in [5.74, 6) is -1.77. The minimum absolute atomic E-state index is 0.0326. The summed E-state index contributed by atoms with van der Waals surface area (Å²) in [7, 11) is 0. The predicted octanol–water partition coefficient (Wildman–Crippen LogP) is 0.157. The minimum atomic E-state index is -0.937. The van der Waals surface area contributed by atoms with Crippen molar-refractivity contribution in [3.8, 4) is 0 Å². The summed E-state index contributed by atoms with van der Waals surface area (Å²) in [4.78, 5) is 48.2. The van der Waals surface area contributed by atoms with E-state index in [0.29, 0.717) is 4.57 Å². The number of nitrogens with one attached hydrogen (secondary N) is 1. The van der Waals surface area contributed by atoms with E-state index in [1.807, 2.05) is 4.98 Å². The van der Waals surface area contributed by atoms with Gasteiger partial charge in [-0.05, 0) is 13.8 Å². The molecule has 0 saturated carbocycles. The SMILES string of the molecule is CCOC(=O)/C=C(\C(=O)OCC)n1cc(Cl)c(=O)[nH]c1=O. The van der Waals surface area contributed by atoms with Crippen molar-refractivity contribution in [2.75, 3.05) is 13.2 Å². The zero-order valence-corrected chi connectivity index (χ0v) is 12.1. The molecule has 0 amide bonds. The Kier molecular flexibility index (Phi) is 5.92. The van der Waals surface area contributed by atoms with Crippen molar-refractivity contribution in [1.29, 1.82) is 0 Å². The van der Waals surface area contributed by atoms with Gasteiger partial charge in [0.25, 0.3) is 5.56 Å². The van der Waals surface area contributed by atoms with Crippen LogP contribution in [0.2, 0.25) is 5.02 Å². The lowest BCUT2D eigenvalue weighted by Gasteiger charge is -2.09. The van der Waals surface area contributed by atoms with Gasteiger partial charge in [0.15, 0.2) is 0 Å². The first-order valence-electron chi connectivity index (χ1n) is 5.98. The number of H-pyrrole nitrogens is 1. The summed E-state index contributed by atoms with van der Waals surface area (Å²) in [5, 5.41) is -0.325. The van der Waals surface area contributed by atoms with Crippen LogP contribution in [0.1, 0.15) is 13.8 Å². The highest BCUT2D eigenvalue weighted by Crippen LogP contribution is 2.07. The van der Waals surface area contributed by atoms with Crippen molar-refractivity contribution in [3.63, 3.8) is 0 Å². The number of carbonyl (C=O) groups is 2. The van der Waals surface area contributed by atoms with Crippen molar-refractivity contribution in [3.05, 3.63) is 38.1 Å². The summed E-state index contributed by atoms with van der Waals surface area (Å²) in [6, 6.07) is 0. The highest BCUT2D eigenvalue weighted by Gasteiger charge is 2.18. The van der Waals surface area contributed by atoms with Gasteiger partial charge in [-0.3, -0.25) is 14.3 Å². The topological polar surface area (TPSA) is 107 Å². The normalized spacial score (nSPS) is 11.1. The first-order valence-corrected chi connectivity index (χ1v) is 6.35. The van der Waals surface area contributed by atoms with Crippen LogP contribution >= 0.6 is 11.6 Å². The lowest BCUT2D eigenvalue weighted by atomic mass is 10.3. The first kappa shape index (κ1) is 16.7. The first-order chi connectivity index (χ1) is 9.90. The summed E-state index contributed by atoms with van der Waals surface area (Å²) in [5.41, 5.74) is -2.16. The van der Waals surface area contributed by atoms with Crippen LogP contribution in [0.25, 0.3) is 5.70 Å². The largest absolute Gasteiger partial charge is 0.463 e. The van der Waals surface area contributed by atoms with E-state index in [0.717, 1.165) is 12.3 Å². The predicted molar refractivity (Wildman–Crippen MR) is 73.9 cm³/mol. The van der Waals surface area contributed by atoms with E-state index in [4.69, 9.17) is 16.3 Å². The quantitative estimate of drug-likeness (QED) is 0.612. The highest BCUT2D eigenvalue weighted by atomic mass is 35.5. The maximum Gasteiger partial charge on any atom is 0.355 e. The monoisotopic (exact) mass is 316 g/mol. The summed E-state index contributed by atoms with van der Waals surface area (Å²) < 4.78 is 10.1. The fourth-order valence-corrected chi connectivity index (χ4v) is 1.50. The molecule has 1 heterocycles. The molecule has 0 bridgehead atoms. The Morgan fingerprint density at radius 1 is 1.29 bits per heavy atom. The van der Waals surface area contributed by atoms with E-state index >= 15 is 0 Å². The molecule has 0 spiro atoms. The van der Waals surface area contributed by atoms with E-state index in [9.17, 15) is 19.2 Å². The van der Waals surface area contributed by atoms with E-state index in [1.54, 1.807) is 13.8 Å². The van der Waals surface area contributed by atoms with E-state index in [-0.39, 0.29) is 18.2 Å². The summed E-state index contributed by atoms with van der Waals surface area (Å²) in [6.45, 7) is 3.26. The van der Waals surface area contributed by atoms with Crippen LogP contribution in [0.4, 0.5) is 0 Å². The van der Waals surface area contributed by atoms with Crippen LogP contribution in [0.5, 0.6) is 0 Å². The van der Waals surface area contributed by atoms with Crippen molar-refractivity contribution in [1.82, 2.24) is 9.55 Å². The second-order valence-corrected chi connectivity index (χ2v) is 4.02. The zero-order chi connectivity index (χ0) is 16.0. The highest BCUT2D eigenvalue weighted by molar-refractivity contribution is 6.30. The van der Waals surface area contributed by atoms with Gasteiger partial charge in [-0.15, -0.1) is 0 Å². The van der Waals surface area contributed by atoms with Crippen LogP contribution in [-0.2, 0) is 19.1 Å². The standard InChI is InChI=1S/C12H13ClN2O6/c1-3-20-9(16)5-8(11(18)21-4-2)15-6-7(13)10(17)14-12(15)19/h5-6H,3-4H2,1-2H3,(H,14,17,19)/b8-5+. The molecule has 0 radical (unpaired) electrons. The van der Waals surface area contributed by atoms with Gasteiger partial charge in [-0.2, -0.15) is 0 Å². The molecule has 0 atom stereocenters. The molecule has 1 rings (SSSR count). The molecule has 114 valence electrons. The summed E-state index contributed by atoms with van der Waals surface area (Å²) >= 11 is 5.61. The van der Waals surface area contributed by atoms with Crippen molar-refractivity contribution in [2.45, 2.75) is 13.8 Å². The number of halogens is 1. The molecule has 0 aliphatic carbocycles. The molecule has 1 aromatic heterocycles. The third-order valence-electron chi connectivity index (χ3n) is 2.18. The van der Waals surface area contributed by atoms with Gasteiger partial charge >= 0.3 is 17.6 Å². The molecule has 1 aromatic rings. The van der Waals surface area contributed by atoms with Crippen LogP contribution < -0.4 is 11.2 Å². The minimum Gasteiger partial charge on any atom is -0.463 e. The lowest BCUT2D eigenvalue weighted by Crippen LogP contribution is -2.32. The third kappa shape index (κ3) is 4.32. The van der Waals surface area contributed by atoms with Gasteiger partial charge in [-0.1, -0.05) is 11.6 Å². The third-order valence-corrected chi connectivity index (χ3v) is 2.45. The Bertz CT molecular complexity index is 688. The van der Waals surface area contributed by atoms with Crippen LogP contribution in [-0.4, -0.2) is 34.7 Å². The molecule has 1 N–H and O–H groups in total. The molecule has 8 nitrogen and oxygen atoms in total. The number of carbonyl (C=O) groups excluding carboxylic acids is 2. The number of aromatic amines is 1. The van der Waals surface area contributed by atoms with E-state index < -0.39 is 28.9 Å². The van der Waals surface area contributed by atoms with Gasteiger partial charge in [-0.25, -0.2) is 14.4 Å². The molecule has 0 aromatic carbocycles. The number of hydrogen-bond acceptors (Lipinski definition) is 6. The second-order valence-electron chi connectivity index (χ2n) is 3.61. The van der Waals surface area contributed by atoms with Gasteiger partial charge in [0.05, 0.1) is 19.3 Å². The Morgan fingerprint density at radius 3 is 2.48 bits per heavy atom. The molecule has 21 heavy (non-hydrogen) atoms. The summed E-state index contributed by atoms with van der Waals surface area (Å²) in [6.07, 6.45) is 1.71. The Hall–Kier alpha value is -2.35. The molecule has 0 saturated heterocycles. The number of nitrogens with zero attached hydrogens (tertiary/aromatic N) is 1. The van der Waals surface area contributed by atoms with Crippen molar-refractivity contribution < 1.29 is 19.1 Å². The fraction of sp³-hybridized carbons (Fsp3) is 0.333. The maximum absolute atomic E-state index is 11.8. The smallest absolute Gasteiger partial charge is 0.355 e. The number of aromatic nitrogens is 2. The average molecular weight is 317 g/mol. The Labute approximate surface area is 123 Å². The number of rotatable bonds is 5. The van der Waals surface area contributed by atoms with Gasteiger partial charge < -0.3 is 9.47 Å².